The van der Waals surface area contributed by atoms with Crippen molar-refractivity contribution in [3.8, 4) is 5.75 Å². The topological polar surface area (TPSA) is 108 Å². The Hall–Kier alpha value is -3.82. The normalized spacial score (nSPS) is 18.4. The summed E-state index contributed by atoms with van der Waals surface area (Å²) in [4.78, 5) is 38.5. The molecule has 2 aromatic heterocycles. The minimum absolute atomic E-state index is 0.0463. The molecule has 9 nitrogen and oxygen atoms in total. The van der Waals surface area contributed by atoms with Gasteiger partial charge in [-0.25, -0.2) is 0 Å². The molecule has 0 aliphatic carbocycles. The van der Waals surface area contributed by atoms with E-state index in [4.69, 9.17) is 4.74 Å². The van der Waals surface area contributed by atoms with Crippen LogP contribution in [0.1, 0.15) is 40.1 Å². The van der Waals surface area contributed by atoms with Crippen LogP contribution in [0.3, 0.4) is 0 Å². The minimum Gasteiger partial charge on any atom is -0.486 e. The number of likely N-dealkylation sites (N-methyl/N-ethyl adjacent to an activating group) is 1. The number of nitrogens with one attached hydrogen (secondary N) is 1. The number of benzene rings is 1. The van der Waals surface area contributed by atoms with Crippen LogP contribution in [0, 0.1) is 5.92 Å². The number of rotatable bonds is 8. The third kappa shape index (κ3) is 6.31. The van der Waals surface area contributed by atoms with Crippen LogP contribution in [0.4, 0.5) is 5.69 Å². The molecule has 1 aliphatic heterocycles. The Bertz CT molecular complexity index is 1210. The van der Waals surface area contributed by atoms with Crippen molar-refractivity contribution in [1.29, 1.82) is 0 Å². The molecule has 0 saturated carbocycles. The number of para-hydroxylation sites is 1. The molecule has 2 N–H and O–H groups in total. The fraction of sp³-hybridized carbons (Fsp3) is 0.357. The number of carbonyl (C=O) groups is 2. The van der Waals surface area contributed by atoms with E-state index in [1.165, 1.54) is 0 Å². The number of fused-ring (bicyclic) bond motifs is 1. The molecule has 37 heavy (non-hydrogen) atoms. The quantitative estimate of drug-likeness (QED) is 0.486. The summed E-state index contributed by atoms with van der Waals surface area (Å²) in [6, 6.07) is 12.0. The predicted molar refractivity (Wildman–Crippen MR) is 140 cm³/mol. The van der Waals surface area contributed by atoms with Gasteiger partial charge in [0, 0.05) is 55.9 Å². The SMILES string of the molecule is C[C@H]1CN([C@@H](C)CO)C(=O)c2cccc(NC(=O)c3ccncc3)c2O[C@H]1CN(C)Cc1ccncc1. The van der Waals surface area contributed by atoms with Crippen molar-refractivity contribution in [3.63, 3.8) is 0 Å². The highest BCUT2D eigenvalue weighted by molar-refractivity contribution is 6.07. The second-order valence-electron chi connectivity index (χ2n) is 9.55. The molecule has 1 aliphatic rings. The van der Waals surface area contributed by atoms with E-state index in [-0.39, 0.29) is 36.5 Å². The van der Waals surface area contributed by atoms with Crippen LogP contribution in [-0.4, -0.2) is 75.6 Å². The monoisotopic (exact) mass is 503 g/mol. The number of nitrogens with zero attached hydrogens (tertiary/aromatic N) is 4. The van der Waals surface area contributed by atoms with Crippen molar-refractivity contribution in [2.24, 2.45) is 5.92 Å². The van der Waals surface area contributed by atoms with Crippen LogP contribution in [0.2, 0.25) is 0 Å². The standard InChI is InChI=1S/C28H33N5O4/c1-19-15-33(20(2)18-34)28(36)23-5-4-6-24(31-27(35)22-9-13-30-14-10-22)26(23)37-25(19)17-32(3)16-21-7-11-29-12-8-21/h4-14,19-20,25,34H,15-18H2,1-3H3,(H,31,35)/t19-,20-,25-/m0/s1. The number of aliphatic hydroxyl groups excluding tert-OH is 1. The summed E-state index contributed by atoms with van der Waals surface area (Å²) >= 11 is 0. The molecule has 0 radical (unpaired) electrons. The molecule has 1 aromatic carbocycles. The number of anilines is 1. The van der Waals surface area contributed by atoms with Gasteiger partial charge in [-0.1, -0.05) is 13.0 Å². The van der Waals surface area contributed by atoms with Gasteiger partial charge in [-0.05, 0) is 55.9 Å². The van der Waals surface area contributed by atoms with Gasteiger partial charge in [0.1, 0.15) is 6.10 Å². The summed E-state index contributed by atoms with van der Waals surface area (Å²) in [6.45, 7) is 5.44. The van der Waals surface area contributed by atoms with Crippen molar-refractivity contribution in [2.45, 2.75) is 32.5 Å². The highest BCUT2D eigenvalue weighted by Crippen LogP contribution is 2.35. The number of pyridine rings is 2. The van der Waals surface area contributed by atoms with E-state index in [1.54, 1.807) is 60.0 Å². The maximum atomic E-state index is 13.6. The summed E-state index contributed by atoms with van der Waals surface area (Å²) in [6.07, 6.45) is 6.35. The smallest absolute Gasteiger partial charge is 0.258 e. The number of hydrogen-bond donors (Lipinski definition) is 2. The molecule has 4 rings (SSSR count). The number of hydrogen-bond acceptors (Lipinski definition) is 7. The molecule has 0 fully saturated rings. The lowest BCUT2D eigenvalue weighted by Crippen LogP contribution is -2.49. The lowest BCUT2D eigenvalue weighted by molar-refractivity contribution is 0.0343. The summed E-state index contributed by atoms with van der Waals surface area (Å²) in [7, 11) is 2.02. The Morgan fingerprint density at radius 3 is 2.51 bits per heavy atom. The summed E-state index contributed by atoms with van der Waals surface area (Å²) in [5.41, 5.74) is 2.34. The van der Waals surface area contributed by atoms with Gasteiger partial charge in [0.15, 0.2) is 5.75 Å². The van der Waals surface area contributed by atoms with E-state index < -0.39 is 0 Å². The first-order valence-electron chi connectivity index (χ1n) is 12.4. The molecule has 3 atom stereocenters. The van der Waals surface area contributed by atoms with Crippen LogP contribution in [0.25, 0.3) is 0 Å². The molecule has 9 heteroatoms. The van der Waals surface area contributed by atoms with E-state index in [2.05, 4.69) is 20.2 Å². The fourth-order valence-electron chi connectivity index (χ4n) is 4.43. The van der Waals surface area contributed by atoms with Gasteiger partial charge in [0.05, 0.1) is 23.9 Å². The summed E-state index contributed by atoms with van der Waals surface area (Å²) in [5.74, 6) is -0.283. The zero-order valence-corrected chi connectivity index (χ0v) is 21.4. The molecular weight excluding hydrogens is 470 g/mol. The largest absolute Gasteiger partial charge is 0.486 e. The average molecular weight is 504 g/mol. The molecule has 3 heterocycles. The number of amides is 2. The first-order chi connectivity index (χ1) is 17.9. The first-order valence-corrected chi connectivity index (χ1v) is 12.4. The molecule has 0 unspecified atom stereocenters. The van der Waals surface area contributed by atoms with Gasteiger partial charge in [-0.3, -0.25) is 24.5 Å². The van der Waals surface area contributed by atoms with Crippen LogP contribution in [0.5, 0.6) is 5.75 Å². The first kappa shape index (κ1) is 26.2. The molecule has 0 spiro atoms. The average Bonchev–Trinajstić information content (AvgIpc) is 2.91. The Morgan fingerprint density at radius 1 is 1.16 bits per heavy atom. The van der Waals surface area contributed by atoms with Gasteiger partial charge in [-0.15, -0.1) is 0 Å². The zero-order valence-electron chi connectivity index (χ0n) is 21.4. The summed E-state index contributed by atoms with van der Waals surface area (Å²) < 4.78 is 6.57. The number of ether oxygens (including phenoxy) is 1. The highest BCUT2D eigenvalue weighted by Gasteiger charge is 2.34. The van der Waals surface area contributed by atoms with Crippen molar-refractivity contribution < 1.29 is 19.4 Å². The Labute approximate surface area is 217 Å². The van der Waals surface area contributed by atoms with E-state index >= 15 is 0 Å². The summed E-state index contributed by atoms with van der Waals surface area (Å²) in [5, 5.41) is 12.8. The van der Waals surface area contributed by atoms with Crippen molar-refractivity contribution in [2.75, 3.05) is 32.1 Å². The molecule has 2 amide bonds. The Kier molecular flexibility index (Phi) is 8.47. The van der Waals surface area contributed by atoms with E-state index in [9.17, 15) is 14.7 Å². The maximum absolute atomic E-state index is 13.6. The number of aromatic nitrogens is 2. The van der Waals surface area contributed by atoms with Gasteiger partial charge < -0.3 is 20.1 Å². The molecule has 0 saturated heterocycles. The van der Waals surface area contributed by atoms with E-state index in [1.807, 2.05) is 33.0 Å². The third-order valence-electron chi connectivity index (χ3n) is 6.58. The number of aliphatic hydroxyl groups is 1. The van der Waals surface area contributed by atoms with Crippen molar-refractivity contribution in [1.82, 2.24) is 19.8 Å². The van der Waals surface area contributed by atoms with Gasteiger partial charge in [0.25, 0.3) is 11.8 Å². The minimum atomic E-state index is -0.369. The second kappa shape index (κ2) is 11.9. The van der Waals surface area contributed by atoms with Gasteiger partial charge in [0.2, 0.25) is 0 Å². The highest BCUT2D eigenvalue weighted by atomic mass is 16.5. The zero-order chi connectivity index (χ0) is 26.4. The molecule has 194 valence electrons. The third-order valence-corrected chi connectivity index (χ3v) is 6.58. The molecular formula is C28H33N5O4. The van der Waals surface area contributed by atoms with E-state index in [0.29, 0.717) is 42.2 Å². The number of carbonyl (C=O) groups excluding carboxylic acids is 2. The fourth-order valence-corrected chi connectivity index (χ4v) is 4.43. The van der Waals surface area contributed by atoms with Crippen molar-refractivity contribution >= 4 is 17.5 Å². The van der Waals surface area contributed by atoms with E-state index in [0.717, 1.165) is 5.56 Å². The van der Waals surface area contributed by atoms with Crippen LogP contribution in [0.15, 0.2) is 67.3 Å². The van der Waals surface area contributed by atoms with Crippen LogP contribution < -0.4 is 10.1 Å². The molecule has 3 aromatic rings. The molecule has 0 bridgehead atoms. The van der Waals surface area contributed by atoms with Gasteiger partial charge in [-0.2, -0.15) is 0 Å². The lowest BCUT2D eigenvalue weighted by Gasteiger charge is -2.38. The Morgan fingerprint density at radius 2 is 1.84 bits per heavy atom. The van der Waals surface area contributed by atoms with Crippen LogP contribution >= 0.6 is 0 Å². The van der Waals surface area contributed by atoms with Gasteiger partial charge >= 0.3 is 0 Å². The maximum Gasteiger partial charge on any atom is 0.258 e. The Balaban J connectivity index is 1.67. The van der Waals surface area contributed by atoms with Crippen LogP contribution in [-0.2, 0) is 6.54 Å². The van der Waals surface area contributed by atoms with Crippen molar-refractivity contribution in [3.05, 3.63) is 83.9 Å². The predicted octanol–water partition coefficient (Wildman–Crippen LogP) is 3.08. The lowest BCUT2D eigenvalue weighted by atomic mass is 9.98. The second-order valence-corrected chi connectivity index (χ2v) is 9.55.